The number of sulfonamides is 1. The van der Waals surface area contributed by atoms with Crippen molar-refractivity contribution in [1.29, 1.82) is 0 Å². The van der Waals surface area contributed by atoms with Gasteiger partial charge in [0, 0.05) is 18.3 Å². The highest BCUT2D eigenvalue weighted by molar-refractivity contribution is 7.89. The largest absolute Gasteiger partial charge is 0.303 e. The van der Waals surface area contributed by atoms with E-state index in [4.69, 9.17) is 0 Å². The van der Waals surface area contributed by atoms with Gasteiger partial charge in [0.1, 0.15) is 0 Å². The van der Waals surface area contributed by atoms with Gasteiger partial charge >= 0.3 is 0 Å². The topological polar surface area (TPSA) is 62.3 Å². The smallest absolute Gasteiger partial charge is 0.261 e. The van der Waals surface area contributed by atoms with Gasteiger partial charge in [0.25, 0.3) is 10.0 Å². The highest BCUT2D eigenvalue weighted by Gasteiger charge is 2.26. The van der Waals surface area contributed by atoms with E-state index in [-0.39, 0.29) is 12.1 Å². The van der Waals surface area contributed by atoms with Crippen LogP contribution < -0.4 is 4.72 Å². The molecule has 0 saturated carbocycles. The summed E-state index contributed by atoms with van der Waals surface area (Å²) in [6, 6.07) is 2.41. The number of nitrogens with one attached hydrogen (secondary N) is 1. The van der Waals surface area contributed by atoms with Crippen molar-refractivity contribution in [1.82, 2.24) is 14.6 Å². The molecule has 0 radical (unpaired) electrons. The summed E-state index contributed by atoms with van der Waals surface area (Å²) >= 11 is 0. The normalized spacial score (nSPS) is 13.0. The molecular weight excluding hydrogens is 257 g/mol. The summed E-state index contributed by atoms with van der Waals surface area (Å²) in [6.07, 6.45) is 1.24. The molecular formula is C11H18FN3O2S. The van der Waals surface area contributed by atoms with Crippen LogP contribution in [0.1, 0.15) is 13.8 Å². The number of aromatic nitrogens is 1. The minimum Gasteiger partial charge on any atom is -0.303 e. The van der Waals surface area contributed by atoms with E-state index in [9.17, 15) is 12.8 Å². The lowest BCUT2D eigenvalue weighted by atomic mass is 10.1. The van der Waals surface area contributed by atoms with Crippen LogP contribution in [0.3, 0.4) is 0 Å². The van der Waals surface area contributed by atoms with E-state index in [0.29, 0.717) is 0 Å². The molecule has 7 heteroatoms. The van der Waals surface area contributed by atoms with Crippen molar-refractivity contribution < 1.29 is 12.8 Å². The van der Waals surface area contributed by atoms with Gasteiger partial charge in [-0.25, -0.2) is 22.5 Å². The van der Waals surface area contributed by atoms with E-state index in [2.05, 4.69) is 9.71 Å². The van der Waals surface area contributed by atoms with Crippen LogP contribution in [0.5, 0.6) is 0 Å². The lowest BCUT2D eigenvalue weighted by molar-refractivity contribution is 0.198. The average molecular weight is 275 g/mol. The molecule has 1 heterocycles. The summed E-state index contributed by atoms with van der Waals surface area (Å²) < 4.78 is 39.5. The molecule has 1 aromatic rings. The van der Waals surface area contributed by atoms with Gasteiger partial charge in [-0.15, -0.1) is 0 Å². The lowest BCUT2D eigenvalue weighted by Crippen LogP contribution is -2.48. The highest BCUT2D eigenvalue weighted by atomic mass is 32.2. The number of nitrogens with zero attached hydrogens (tertiary/aromatic N) is 2. The number of pyridine rings is 1. The van der Waals surface area contributed by atoms with Gasteiger partial charge in [-0.3, -0.25) is 0 Å². The van der Waals surface area contributed by atoms with Crippen molar-refractivity contribution in [2.45, 2.75) is 24.4 Å². The number of halogens is 1. The molecule has 0 unspecified atom stereocenters. The first-order chi connectivity index (χ1) is 8.17. The average Bonchev–Trinajstić information content (AvgIpc) is 2.27. The van der Waals surface area contributed by atoms with Crippen LogP contribution in [0.15, 0.2) is 23.4 Å². The molecule has 0 fully saturated rings. The Morgan fingerprint density at radius 3 is 2.56 bits per heavy atom. The quantitative estimate of drug-likeness (QED) is 0.865. The monoisotopic (exact) mass is 275 g/mol. The van der Waals surface area contributed by atoms with Crippen LogP contribution in [0.25, 0.3) is 0 Å². The maximum atomic E-state index is 13.4. The summed E-state index contributed by atoms with van der Waals surface area (Å²) in [4.78, 5) is 5.44. The molecule has 0 amide bonds. The molecule has 1 rings (SSSR count). The minimum absolute atomic E-state index is 0.165. The zero-order chi connectivity index (χ0) is 14.0. The number of hydrogen-bond donors (Lipinski definition) is 1. The molecule has 0 aromatic carbocycles. The van der Waals surface area contributed by atoms with Crippen LogP contribution in [0.2, 0.25) is 0 Å². The molecule has 1 aromatic heterocycles. The third-order valence-corrected chi connectivity index (χ3v) is 4.22. The Morgan fingerprint density at radius 1 is 1.44 bits per heavy atom. The molecule has 0 aliphatic carbocycles. The predicted molar refractivity (Wildman–Crippen MR) is 67.1 cm³/mol. The predicted octanol–water partition coefficient (Wildman–Crippen LogP) is 0.839. The molecule has 0 spiro atoms. The number of rotatable bonds is 5. The molecule has 0 aliphatic heterocycles. The lowest BCUT2D eigenvalue weighted by Gasteiger charge is -2.32. The van der Waals surface area contributed by atoms with Crippen LogP contribution in [-0.4, -0.2) is 44.5 Å². The van der Waals surface area contributed by atoms with Crippen LogP contribution in [0.4, 0.5) is 4.39 Å². The molecule has 0 bridgehead atoms. The highest BCUT2D eigenvalue weighted by Crippen LogP contribution is 2.13. The van der Waals surface area contributed by atoms with E-state index in [1.54, 1.807) is 0 Å². The fourth-order valence-electron chi connectivity index (χ4n) is 1.07. The standard InChI is InChI=1S/C11H18FN3O2S/c1-11(2,15(3)4)8-14-18(16,17)10-9(12)6-5-7-13-10/h5-7,14H,8H2,1-4H3. The zero-order valence-electron chi connectivity index (χ0n) is 10.9. The Kier molecular flexibility index (Phi) is 4.41. The summed E-state index contributed by atoms with van der Waals surface area (Å²) in [6.45, 7) is 3.92. The van der Waals surface area contributed by atoms with Gasteiger partial charge < -0.3 is 4.90 Å². The number of likely N-dealkylation sites (N-methyl/N-ethyl adjacent to an activating group) is 1. The van der Waals surface area contributed by atoms with Crippen molar-refractivity contribution in [3.05, 3.63) is 24.1 Å². The second kappa shape index (κ2) is 5.29. The first-order valence-electron chi connectivity index (χ1n) is 5.44. The minimum atomic E-state index is -3.92. The van der Waals surface area contributed by atoms with Crippen LogP contribution in [0, 0.1) is 5.82 Å². The van der Waals surface area contributed by atoms with Gasteiger partial charge in [-0.1, -0.05) is 0 Å². The van der Waals surface area contributed by atoms with Gasteiger partial charge in [0.15, 0.2) is 5.82 Å². The first kappa shape index (κ1) is 15.0. The second-order valence-corrected chi connectivity index (χ2v) is 6.50. The van der Waals surface area contributed by atoms with E-state index < -0.39 is 20.9 Å². The van der Waals surface area contributed by atoms with Crippen molar-refractivity contribution in [2.24, 2.45) is 0 Å². The Labute approximate surface area is 107 Å². The Balaban J connectivity index is 2.88. The fourth-order valence-corrected chi connectivity index (χ4v) is 2.27. The summed E-state index contributed by atoms with van der Waals surface area (Å²) in [5.74, 6) is -0.854. The fraction of sp³-hybridized carbons (Fsp3) is 0.545. The Bertz CT molecular complexity index is 515. The Hall–Kier alpha value is -1.05. The van der Waals surface area contributed by atoms with Crippen molar-refractivity contribution in [3.63, 3.8) is 0 Å². The molecule has 5 nitrogen and oxygen atoms in total. The number of hydrogen-bond acceptors (Lipinski definition) is 4. The van der Waals surface area contributed by atoms with E-state index in [0.717, 1.165) is 6.07 Å². The maximum Gasteiger partial charge on any atom is 0.261 e. The molecule has 102 valence electrons. The molecule has 0 saturated heterocycles. The summed E-state index contributed by atoms with van der Waals surface area (Å²) in [5.41, 5.74) is -0.377. The SMILES string of the molecule is CN(C)C(C)(C)CNS(=O)(=O)c1ncccc1F. The second-order valence-electron chi connectivity index (χ2n) is 4.82. The van der Waals surface area contributed by atoms with Crippen LogP contribution >= 0.6 is 0 Å². The van der Waals surface area contributed by atoms with Gasteiger partial charge in [0.2, 0.25) is 5.03 Å². The summed E-state index contributed by atoms with van der Waals surface area (Å²) in [7, 11) is -0.235. The van der Waals surface area contributed by atoms with Gasteiger partial charge in [-0.2, -0.15) is 0 Å². The van der Waals surface area contributed by atoms with E-state index >= 15 is 0 Å². The zero-order valence-corrected chi connectivity index (χ0v) is 11.8. The van der Waals surface area contributed by atoms with Crippen molar-refractivity contribution in [3.8, 4) is 0 Å². The van der Waals surface area contributed by atoms with E-state index in [1.165, 1.54) is 12.3 Å². The molecule has 1 N–H and O–H groups in total. The first-order valence-corrected chi connectivity index (χ1v) is 6.93. The van der Waals surface area contributed by atoms with Gasteiger partial charge in [-0.05, 0) is 40.1 Å². The van der Waals surface area contributed by atoms with Crippen molar-refractivity contribution in [2.75, 3.05) is 20.6 Å². The van der Waals surface area contributed by atoms with Crippen LogP contribution in [-0.2, 0) is 10.0 Å². The molecule has 18 heavy (non-hydrogen) atoms. The third kappa shape index (κ3) is 3.47. The van der Waals surface area contributed by atoms with Crippen molar-refractivity contribution >= 4 is 10.0 Å². The third-order valence-electron chi connectivity index (χ3n) is 2.88. The maximum absolute atomic E-state index is 13.4. The van der Waals surface area contributed by atoms with Gasteiger partial charge in [0.05, 0.1) is 0 Å². The molecule has 0 aliphatic rings. The van der Waals surface area contributed by atoms with E-state index in [1.807, 2.05) is 32.8 Å². The summed E-state index contributed by atoms with van der Waals surface area (Å²) in [5, 5.41) is -0.570. The molecule has 0 atom stereocenters. The Morgan fingerprint density at radius 2 is 2.06 bits per heavy atom.